The van der Waals surface area contributed by atoms with E-state index in [1.54, 1.807) is 0 Å². The van der Waals surface area contributed by atoms with Crippen molar-refractivity contribution in [2.45, 2.75) is 18.4 Å². The van der Waals surface area contributed by atoms with E-state index in [2.05, 4.69) is 17.1 Å². The molecule has 0 spiro atoms. The van der Waals surface area contributed by atoms with Crippen molar-refractivity contribution in [1.82, 2.24) is 9.97 Å². The van der Waals surface area contributed by atoms with Crippen LogP contribution in [0.25, 0.3) is 0 Å². The minimum absolute atomic E-state index is 0.770. The Hall–Kier alpha value is -1.01. The van der Waals surface area contributed by atoms with Gasteiger partial charge in [-0.15, -0.1) is 0 Å². The second-order valence-corrected chi connectivity index (χ2v) is 5.41. The summed E-state index contributed by atoms with van der Waals surface area (Å²) in [6.07, 6.45) is 0. The highest BCUT2D eigenvalue weighted by atomic mass is 32.2. The molecule has 0 bridgehead atoms. The fraction of sp³-hybridized carbons (Fsp3) is 0.667. The van der Waals surface area contributed by atoms with Crippen molar-refractivity contribution in [3.05, 3.63) is 11.3 Å². The van der Waals surface area contributed by atoms with Gasteiger partial charge in [-0.2, -0.15) is 16.7 Å². The van der Waals surface area contributed by atoms with Crippen LogP contribution >= 0.6 is 11.8 Å². The second-order valence-electron chi connectivity index (χ2n) is 4.42. The first-order valence-electron chi connectivity index (χ1n) is 6.42. The Balaban J connectivity index is 1.92. The monoisotopic (exact) mass is 266 g/mol. The van der Waals surface area contributed by atoms with E-state index in [1.165, 1.54) is 11.3 Å². The lowest BCUT2D eigenvalue weighted by Crippen LogP contribution is -2.37. The van der Waals surface area contributed by atoms with Crippen LogP contribution in [0.1, 0.15) is 18.2 Å². The van der Waals surface area contributed by atoms with E-state index < -0.39 is 0 Å². The van der Waals surface area contributed by atoms with E-state index in [9.17, 15) is 0 Å². The van der Waals surface area contributed by atoms with Crippen molar-refractivity contribution in [3.8, 4) is 0 Å². The fourth-order valence-electron chi connectivity index (χ4n) is 2.26. The van der Waals surface area contributed by atoms with Crippen LogP contribution in [-0.4, -0.2) is 42.8 Å². The van der Waals surface area contributed by atoms with E-state index in [1.807, 2.05) is 11.8 Å². The van der Waals surface area contributed by atoms with Gasteiger partial charge in [0.25, 0.3) is 0 Å². The van der Waals surface area contributed by atoms with E-state index >= 15 is 0 Å². The molecule has 2 aliphatic heterocycles. The van der Waals surface area contributed by atoms with Crippen LogP contribution in [0.3, 0.4) is 0 Å². The number of hydrogen-bond donors (Lipinski definition) is 1. The molecule has 6 heteroatoms. The highest BCUT2D eigenvalue weighted by Crippen LogP contribution is 2.34. The van der Waals surface area contributed by atoms with Crippen LogP contribution in [0.4, 0.5) is 11.8 Å². The molecule has 1 aromatic heterocycles. The minimum Gasteiger partial charge on any atom is -0.378 e. The molecule has 1 aromatic rings. The van der Waals surface area contributed by atoms with Gasteiger partial charge in [0.05, 0.1) is 18.9 Å². The fourth-order valence-corrected chi connectivity index (χ4v) is 3.30. The number of anilines is 2. The van der Waals surface area contributed by atoms with Gasteiger partial charge in [-0.05, 0) is 6.92 Å². The Morgan fingerprint density at radius 1 is 1.28 bits per heavy atom. The first-order chi connectivity index (χ1) is 8.88. The van der Waals surface area contributed by atoms with Crippen molar-refractivity contribution < 1.29 is 4.74 Å². The lowest BCUT2D eigenvalue weighted by atomic mass is 10.2. The lowest BCUT2D eigenvalue weighted by molar-refractivity contribution is 0.122. The zero-order valence-electron chi connectivity index (χ0n) is 10.6. The van der Waals surface area contributed by atoms with Crippen LogP contribution in [-0.2, 0) is 16.2 Å². The Bertz CT molecular complexity index is 434. The third-order valence-corrected chi connectivity index (χ3v) is 4.17. The van der Waals surface area contributed by atoms with Crippen molar-refractivity contribution in [3.63, 3.8) is 0 Å². The minimum atomic E-state index is 0.770. The molecule has 0 aliphatic carbocycles. The summed E-state index contributed by atoms with van der Waals surface area (Å²) in [4.78, 5) is 11.6. The van der Waals surface area contributed by atoms with Crippen LogP contribution < -0.4 is 10.2 Å². The molecule has 18 heavy (non-hydrogen) atoms. The summed E-state index contributed by atoms with van der Waals surface area (Å²) in [6, 6.07) is 0. The zero-order chi connectivity index (χ0) is 12.4. The summed E-state index contributed by atoms with van der Waals surface area (Å²) in [6.45, 7) is 6.31. The van der Waals surface area contributed by atoms with Gasteiger partial charge in [-0.1, -0.05) is 0 Å². The summed E-state index contributed by atoms with van der Waals surface area (Å²) in [5, 5.41) is 3.37. The van der Waals surface area contributed by atoms with Crippen LogP contribution in [0.2, 0.25) is 0 Å². The van der Waals surface area contributed by atoms with E-state index in [0.717, 1.165) is 56.1 Å². The normalized spacial score (nSPS) is 18.8. The lowest BCUT2D eigenvalue weighted by Gasteiger charge is -2.27. The van der Waals surface area contributed by atoms with E-state index in [4.69, 9.17) is 14.7 Å². The molecule has 3 rings (SSSR count). The van der Waals surface area contributed by atoms with Crippen LogP contribution in [0.5, 0.6) is 0 Å². The highest BCUT2D eigenvalue weighted by molar-refractivity contribution is 7.98. The van der Waals surface area contributed by atoms with Gasteiger partial charge in [0.15, 0.2) is 0 Å². The molecule has 0 aromatic carbocycles. The third-order valence-electron chi connectivity index (χ3n) is 3.20. The summed E-state index contributed by atoms with van der Waals surface area (Å²) >= 11 is 1.91. The Morgan fingerprint density at radius 3 is 2.89 bits per heavy atom. The standard InChI is InChI=1S/C12H18N4OS/c1-2-13-11-9-7-18-8-10(9)14-12(15-11)16-3-5-17-6-4-16/h2-8H2,1H3,(H,13,14,15). The maximum Gasteiger partial charge on any atom is 0.227 e. The Kier molecular flexibility index (Phi) is 3.56. The van der Waals surface area contributed by atoms with Gasteiger partial charge in [0.1, 0.15) is 5.82 Å². The molecule has 1 fully saturated rings. The molecule has 1 N–H and O–H groups in total. The number of ether oxygens (including phenoxy) is 1. The van der Waals surface area contributed by atoms with Crippen LogP contribution in [0.15, 0.2) is 0 Å². The summed E-state index contributed by atoms with van der Waals surface area (Å²) in [5.41, 5.74) is 2.49. The molecule has 0 amide bonds. The number of morpholine rings is 1. The van der Waals surface area contributed by atoms with E-state index in [-0.39, 0.29) is 0 Å². The highest BCUT2D eigenvalue weighted by Gasteiger charge is 2.22. The molecule has 0 atom stereocenters. The third kappa shape index (κ3) is 2.27. The molecular formula is C12H18N4OS. The predicted octanol–water partition coefficient (Wildman–Crippen LogP) is 1.49. The van der Waals surface area contributed by atoms with Crippen molar-refractivity contribution >= 4 is 23.5 Å². The molecule has 3 heterocycles. The molecule has 2 aliphatic rings. The number of nitrogens with zero attached hydrogens (tertiary/aromatic N) is 3. The smallest absolute Gasteiger partial charge is 0.227 e. The molecule has 1 saturated heterocycles. The SMILES string of the molecule is CCNc1nc(N2CCOCC2)nc2c1CSC2. The molecule has 0 unspecified atom stereocenters. The predicted molar refractivity (Wildman–Crippen MR) is 74.2 cm³/mol. The number of rotatable bonds is 3. The number of thioether (sulfide) groups is 1. The number of hydrogen-bond acceptors (Lipinski definition) is 6. The summed E-state index contributed by atoms with van der Waals surface area (Å²) in [7, 11) is 0. The zero-order valence-corrected chi connectivity index (χ0v) is 11.4. The van der Waals surface area contributed by atoms with Gasteiger partial charge >= 0.3 is 0 Å². The van der Waals surface area contributed by atoms with Crippen molar-refractivity contribution in [1.29, 1.82) is 0 Å². The first kappa shape index (κ1) is 12.0. The molecular weight excluding hydrogens is 248 g/mol. The quantitative estimate of drug-likeness (QED) is 0.894. The topological polar surface area (TPSA) is 50.3 Å². The molecule has 0 radical (unpaired) electrons. The maximum absolute atomic E-state index is 5.37. The average Bonchev–Trinajstić information content (AvgIpc) is 2.88. The van der Waals surface area contributed by atoms with Gasteiger partial charge in [-0.25, -0.2) is 4.98 Å². The maximum atomic E-state index is 5.37. The van der Waals surface area contributed by atoms with Gasteiger partial charge in [-0.3, -0.25) is 0 Å². The Labute approximate surface area is 111 Å². The first-order valence-corrected chi connectivity index (χ1v) is 7.58. The van der Waals surface area contributed by atoms with Gasteiger partial charge < -0.3 is 15.0 Å². The number of aromatic nitrogens is 2. The summed E-state index contributed by atoms with van der Waals surface area (Å²) < 4.78 is 5.37. The average molecular weight is 266 g/mol. The number of fused-ring (bicyclic) bond motifs is 1. The van der Waals surface area contributed by atoms with Crippen LogP contribution in [0, 0.1) is 0 Å². The van der Waals surface area contributed by atoms with Gasteiger partial charge in [0.2, 0.25) is 5.95 Å². The van der Waals surface area contributed by atoms with Crippen molar-refractivity contribution in [2.24, 2.45) is 0 Å². The molecule has 0 saturated carbocycles. The van der Waals surface area contributed by atoms with E-state index in [0.29, 0.717) is 0 Å². The largest absolute Gasteiger partial charge is 0.378 e. The van der Waals surface area contributed by atoms with Crippen molar-refractivity contribution in [2.75, 3.05) is 43.1 Å². The summed E-state index contributed by atoms with van der Waals surface area (Å²) in [5.74, 6) is 3.92. The molecule has 5 nitrogen and oxygen atoms in total. The second kappa shape index (κ2) is 5.32. The number of nitrogens with one attached hydrogen (secondary N) is 1. The van der Waals surface area contributed by atoms with Gasteiger partial charge in [0, 0.05) is 36.7 Å². The Morgan fingerprint density at radius 2 is 2.11 bits per heavy atom. The molecule has 98 valence electrons.